The van der Waals surface area contributed by atoms with Crippen molar-refractivity contribution in [2.75, 3.05) is 6.61 Å². The topological polar surface area (TPSA) is 29.5 Å². The molecule has 1 rings (SSSR count). The van der Waals surface area contributed by atoms with Gasteiger partial charge in [-0.3, -0.25) is 0 Å². The summed E-state index contributed by atoms with van der Waals surface area (Å²) in [5.74, 6) is 0.621. The van der Waals surface area contributed by atoms with Crippen molar-refractivity contribution in [1.29, 1.82) is 0 Å². The molecule has 0 bridgehead atoms. The monoisotopic (exact) mass is 240 g/mol. The second-order valence-electron chi connectivity index (χ2n) is 4.35. The maximum absolute atomic E-state index is 13.5. The summed E-state index contributed by atoms with van der Waals surface area (Å²) in [6.07, 6.45) is 1.33. The standard InChI is InChI=1S/C14H21FO2/c1-4-11(5-2)9-17-12-6-7-13(10(3)16)14(15)8-12/h6-8,10-11,16H,4-5,9H2,1-3H3. The highest BCUT2D eigenvalue weighted by atomic mass is 19.1. The SMILES string of the molecule is CCC(CC)COc1ccc(C(C)O)c(F)c1. The molecule has 3 heteroatoms. The molecule has 1 aromatic carbocycles. The summed E-state index contributed by atoms with van der Waals surface area (Å²) in [5.41, 5.74) is 0.305. The van der Waals surface area contributed by atoms with Crippen molar-refractivity contribution in [3.8, 4) is 5.75 Å². The van der Waals surface area contributed by atoms with Crippen molar-refractivity contribution in [3.63, 3.8) is 0 Å². The van der Waals surface area contributed by atoms with E-state index in [1.807, 2.05) is 0 Å². The Balaban J connectivity index is 2.64. The quantitative estimate of drug-likeness (QED) is 0.821. The molecule has 0 fully saturated rings. The predicted octanol–water partition coefficient (Wildman–Crippen LogP) is 3.69. The van der Waals surface area contributed by atoms with Gasteiger partial charge in [-0.25, -0.2) is 4.39 Å². The summed E-state index contributed by atoms with van der Waals surface area (Å²) in [6, 6.07) is 4.61. The van der Waals surface area contributed by atoms with E-state index in [0.717, 1.165) is 12.8 Å². The molecule has 0 radical (unpaired) electrons. The summed E-state index contributed by atoms with van der Waals surface area (Å²) in [7, 11) is 0. The Morgan fingerprint density at radius 1 is 1.29 bits per heavy atom. The smallest absolute Gasteiger partial charge is 0.132 e. The maximum Gasteiger partial charge on any atom is 0.132 e. The van der Waals surface area contributed by atoms with E-state index in [0.29, 0.717) is 23.8 Å². The summed E-state index contributed by atoms with van der Waals surface area (Å²) in [4.78, 5) is 0. The molecule has 0 spiro atoms. The molecular formula is C14H21FO2. The average Bonchev–Trinajstić information content (AvgIpc) is 2.30. The van der Waals surface area contributed by atoms with Gasteiger partial charge in [-0.15, -0.1) is 0 Å². The van der Waals surface area contributed by atoms with Gasteiger partial charge in [-0.05, 0) is 25.0 Å². The van der Waals surface area contributed by atoms with Crippen LogP contribution in [0.3, 0.4) is 0 Å². The molecule has 0 aromatic heterocycles. The van der Waals surface area contributed by atoms with Gasteiger partial charge in [0, 0.05) is 11.6 Å². The van der Waals surface area contributed by atoms with Crippen LogP contribution < -0.4 is 4.74 Å². The van der Waals surface area contributed by atoms with Gasteiger partial charge in [0.1, 0.15) is 11.6 Å². The number of hydrogen-bond acceptors (Lipinski definition) is 2. The van der Waals surface area contributed by atoms with Crippen LogP contribution in [0, 0.1) is 11.7 Å². The Labute approximate surface area is 102 Å². The van der Waals surface area contributed by atoms with E-state index in [2.05, 4.69) is 13.8 Å². The minimum Gasteiger partial charge on any atom is -0.493 e. The lowest BCUT2D eigenvalue weighted by Gasteiger charge is -2.14. The minimum atomic E-state index is -0.789. The highest BCUT2D eigenvalue weighted by molar-refractivity contribution is 5.30. The first kappa shape index (κ1) is 14.0. The second kappa shape index (κ2) is 6.60. The molecule has 0 aliphatic heterocycles. The number of hydrogen-bond donors (Lipinski definition) is 1. The van der Waals surface area contributed by atoms with Crippen LogP contribution in [0.1, 0.15) is 45.3 Å². The van der Waals surface area contributed by atoms with Gasteiger partial charge in [0.25, 0.3) is 0 Å². The van der Waals surface area contributed by atoms with Crippen LogP contribution in [-0.4, -0.2) is 11.7 Å². The van der Waals surface area contributed by atoms with Crippen molar-refractivity contribution in [2.24, 2.45) is 5.92 Å². The summed E-state index contributed by atoms with van der Waals surface area (Å²) >= 11 is 0. The zero-order valence-corrected chi connectivity index (χ0v) is 10.7. The minimum absolute atomic E-state index is 0.305. The van der Waals surface area contributed by atoms with Crippen molar-refractivity contribution in [3.05, 3.63) is 29.6 Å². The largest absolute Gasteiger partial charge is 0.493 e. The van der Waals surface area contributed by atoms with E-state index in [1.54, 1.807) is 19.1 Å². The Morgan fingerprint density at radius 2 is 1.94 bits per heavy atom. The van der Waals surface area contributed by atoms with E-state index in [1.165, 1.54) is 6.07 Å². The van der Waals surface area contributed by atoms with Crippen LogP contribution in [-0.2, 0) is 0 Å². The van der Waals surface area contributed by atoms with Crippen LogP contribution in [0.15, 0.2) is 18.2 Å². The maximum atomic E-state index is 13.5. The molecule has 0 saturated carbocycles. The molecule has 1 atom stereocenters. The third-order valence-electron chi connectivity index (χ3n) is 3.06. The number of halogens is 1. The average molecular weight is 240 g/mol. The number of benzene rings is 1. The lowest BCUT2D eigenvalue weighted by molar-refractivity contribution is 0.193. The summed E-state index contributed by atoms with van der Waals surface area (Å²) in [5, 5.41) is 9.31. The zero-order valence-electron chi connectivity index (χ0n) is 10.7. The van der Waals surface area contributed by atoms with E-state index in [4.69, 9.17) is 4.74 Å². The van der Waals surface area contributed by atoms with Crippen LogP contribution in [0.5, 0.6) is 5.75 Å². The molecule has 0 aliphatic rings. The van der Waals surface area contributed by atoms with Crippen LogP contribution >= 0.6 is 0 Å². The lowest BCUT2D eigenvalue weighted by atomic mass is 10.1. The Kier molecular flexibility index (Phi) is 5.42. The van der Waals surface area contributed by atoms with Gasteiger partial charge < -0.3 is 9.84 Å². The fourth-order valence-corrected chi connectivity index (χ4v) is 1.67. The molecule has 1 N–H and O–H groups in total. The van der Waals surface area contributed by atoms with Crippen LogP contribution in [0.2, 0.25) is 0 Å². The third-order valence-corrected chi connectivity index (χ3v) is 3.06. The van der Waals surface area contributed by atoms with Gasteiger partial charge in [0.15, 0.2) is 0 Å². The van der Waals surface area contributed by atoms with Gasteiger partial charge in [-0.2, -0.15) is 0 Å². The normalized spacial score (nSPS) is 12.8. The van der Waals surface area contributed by atoms with Gasteiger partial charge in [0.05, 0.1) is 12.7 Å². The van der Waals surface area contributed by atoms with E-state index in [-0.39, 0.29) is 0 Å². The summed E-state index contributed by atoms with van der Waals surface area (Å²) in [6.45, 7) is 6.40. The first-order chi connectivity index (χ1) is 8.08. The van der Waals surface area contributed by atoms with E-state index >= 15 is 0 Å². The number of aliphatic hydroxyl groups excluding tert-OH is 1. The number of rotatable bonds is 6. The molecule has 0 amide bonds. The van der Waals surface area contributed by atoms with Crippen LogP contribution in [0.4, 0.5) is 4.39 Å². The van der Waals surface area contributed by atoms with Crippen molar-refractivity contribution in [2.45, 2.75) is 39.7 Å². The molecule has 17 heavy (non-hydrogen) atoms. The number of aliphatic hydroxyl groups is 1. The van der Waals surface area contributed by atoms with Gasteiger partial charge >= 0.3 is 0 Å². The van der Waals surface area contributed by atoms with E-state index < -0.39 is 11.9 Å². The first-order valence-corrected chi connectivity index (χ1v) is 6.18. The predicted molar refractivity (Wildman–Crippen MR) is 66.6 cm³/mol. The summed E-state index contributed by atoms with van der Waals surface area (Å²) < 4.78 is 19.1. The molecule has 96 valence electrons. The van der Waals surface area contributed by atoms with E-state index in [9.17, 15) is 9.50 Å². The van der Waals surface area contributed by atoms with Crippen molar-refractivity contribution < 1.29 is 14.2 Å². The second-order valence-corrected chi connectivity index (χ2v) is 4.35. The lowest BCUT2D eigenvalue weighted by Crippen LogP contribution is -2.10. The van der Waals surface area contributed by atoms with Gasteiger partial charge in [-0.1, -0.05) is 26.7 Å². The molecular weight excluding hydrogens is 219 g/mol. The fourth-order valence-electron chi connectivity index (χ4n) is 1.67. The Bertz CT molecular complexity index is 346. The Morgan fingerprint density at radius 3 is 2.41 bits per heavy atom. The molecule has 0 saturated heterocycles. The zero-order chi connectivity index (χ0) is 12.8. The highest BCUT2D eigenvalue weighted by Gasteiger charge is 2.10. The first-order valence-electron chi connectivity index (χ1n) is 6.18. The van der Waals surface area contributed by atoms with Crippen molar-refractivity contribution >= 4 is 0 Å². The third kappa shape index (κ3) is 4.00. The van der Waals surface area contributed by atoms with Crippen molar-refractivity contribution in [1.82, 2.24) is 0 Å². The molecule has 0 aliphatic carbocycles. The molecule has 1 aromatic rings. The molecule has 2 nitrogen and oxygen atoms in total. The highest BCUT2D eigenvalue weighted by Crippen LogP contribution is 2.22. The molecule has 0 heterocycles. The van der Waals surface area contributed by atoms with Crippen LogP contribution in [0.25, 0.3) is 0 Å². The number of ether oxygens (including phenoxy) is 1. The molecule has 1 unspecified atom stereocenters. The Hall–Kier alpha value is -1.09. The fraction of sp³-hybridized carbons (Fsp3) is 0.571. The van der Waals surface area contributed by atoms with Gasteiger partial charge in [0.2, 0.25) is 0 Å².